The van der Waals surface area contributed by atoms with Gasteiger partial charge in [0, 0.05) is 44.2 Å². The number of benzene rings is 1. The molecule has 2 heterocycles. The van der Waals surface area contributed by atoms with Gasteiger partial charge in [0.25, 0.3) is 0 Å². The van der Waals surface area contributed by atoms with E-state index in [4.69, 9.17) is 0 Å². The van der Waals surface area contributed by atoms with Crippen molar-refractivity contribution in [2.75, 3.05) is 20.1 Å². The minimum absolute atomic E-state index is 0. The molecule has 0 bridgehead atoms. The largest absolute Gasteiger partial charge is 0.354 e. The van der Waals surface area contributed by atoms with Gasteiger partial charge in [-0.2, -0.15) is 0 Å². The highest BCUT2D eigenvalue weighted by atomic mass is 127. The highest BCUT2D eigenvalue weighted by Crippen LogP contribution is 2.16. The van der Waals surface area contributed by atoms with Crippen LogP contribution in [-0.2, 0) is 20.1 Å². The Balaban J connectivity index is 0.00000280. The lowest BCUT2D eigenvalue weighted by atomic mass is 10.0. The molecule has 0 amide bonds. The number of likely N-dealkylation sites (tertiary alicyclic amines) is 1. The number of piperidine rings is 1. The van der Waals surface area contributed by atoms with Gasteiger partial charge in [-0.3, -0.25) is 9.89 Å². The number of hydrogen-bond acceptors (Lipinski definition) is 4. The van der Waals surface area contributed by atoms with Crippen molar-refractivity contribution < 1.29 is 0 Å². The molecule has 0 atom stereocenters. The second kappa shape index (κ2) is 11.1. The SMILES string of the molecule is CN=C(NCc1nnc(C)n1C)NC1CCN(Cc2ccc(Br)cc2)CC1.I. The predicted molar refractivity (Wildman–Crippen MR) is 127 cm³/mol. The van der Waals surface area contributed by atoms with E-state index in [9.17, 15) is 0 Å². The van der Waals surface area contributed by atoms with Gasteiger partial charge in [-0.25, -0.2) is 0 Å². The quantitative estimate of drug-likeness (QED) is 0.334. The summed E-state index contributed by atoms with van der Waals surface area (Å²) in [5, 5.41) is 15.2. The Morgan fingerprint density at radius 1 is 1.21 bits per heavy atom. The van der Waals surface area contributed by atoms with Crippen molar-refractivity contribution in [1.82, 2.24) is 30.3 Å². The first-order chi connectivity index (χ1) is 13.0. The molecule has 3 rings (SSSR count). The molecule has 7 nitrogen and oxygen atoms in total. The van der Waals surface area contributed by atoms with Crippen LogP contribution in [0.25, 0.3) is 0 Å². The van der Waals surface area contributed by atoms with Crippen LogP contribution in [-0.4, -0.2) is 51.8 Å². The topological polar surface area (TPSA) is 70.4 Å². The Morgan fingerprint density at radius 2 is 1.89 bits per heavy atom. The Hall–Kier alpha value is -1.20. The molecule has 0 saturated carbocycles. The molecule has 2 N–H and O–H groups in total. The number of rotatable bonds is 5. The number of aliphatic imine (C=N–C) groups is 1. The number of halogens is 2. The van der Waals surface area contributed by atoms with Gasteiger partial charge in [0.05, 0.1) is 6.54 Å². The number of guanidine groups is 1. The monoisotopic (exact) mass is 561 g/mol. The number of aryl methyl sites for hydroxylation is 1. The lowest BCUT2D eigenvalue weighted by Gasteiger charge is -2.33. The van der Waals surface area contributed by atoms with Gasteiger partial charge in [0.1, 0.15) is 5.82 Å². The molecule has 1 aromatic carbocycles. The first kappa shape index (κ1) is 23.1. The zero-order valence-corrected chi connectivity index (χ0v) is 20.6. The van der Waals surface area contributed by atoms with Crippen LogP contribution in [0.5, 0.6) is 0 Å². The second-order valence-corrected chi connectivity index (χ2v) is 7.89. The molecule has 1 saturated heterocycles. The van der Waals surface area contributed by atoms with Crippen LogP contribution in [0.2, 0.25) is 0 Å². The summed E-state index contributed by atoms with van der Waals surface area (Å²) >= 11 is 3.49. The normalized spacial score (nSPS) is 15.9. The van der Waals surface area contributed by atoms with E-state index >= 15 is 0 Å². The average molecular weight is 562 g/mol. The Kier molecular flexibility index (Phi) is 9.16. The molecule has 0 unspecified atom stereocenters. The van der Waals surface area contributed by atoms with Crippen molar-refractivity contribution in [2.45, 2.75) is 38.9 Å². The summed E-state index contributed by atoms with van der Waals surface area (Å²) in [5.41, 5.74) is 1.36. The fourth-order valence-corrected chi connectivity index (χ4v) is 3.50. The third-order valence-corrected chi connectivity index (χ3v) is 5.60. The fourth-order valence-electron chi connectivity index (χ4n) is 3.24. The van der Waals surface area contributed by atoms with Gasteiger partial charge in [0.2, 0.25) is 0 Å². The molecule has 1 aromatic heterocycles. The molecule has 9 heteroatoms. The first-order valence-electron chi connectivity index (χ1n) is 9.34. The van der Waals surface area contributed by atoms with Crippen molar-refractivity contribution in [3.8, 4) is 0 Å². The molecule has 0 radical (unpaired) electrons. The van der Waals surface area contributed by atoms with Crippen molar-refractivity contribution in [3.63, 3.8) is 0 Å². The van der Waals surface area contributed by atoms with E-state index in [0.29, 0.717) is 12.6 Å². The molecular weight excluding hydrogens is 533 g/mol. The molecule has 1 aliphatic heterocycles. The van der Waals surface area contributed by atoms with Crippen LogP contribution < -0.4 is 10.6 Å². The van der Waals surface area contributed by atoms with Gasteiger partial charge in [-0.15, -0.1) is 34.2 Å². The van der Waals surface area contributed by atoms with Crippen LogP contribution in [0.4, 0.5) is 0 Å². The summed E-state index contributed by atoms with van der Waals surface area (Å²) < 4.78 is 3.12. The predicted octanol–water partition coefficient (Wildman–Crippen LogP) is 2.83. The summed E-state index contributed by atoms with van der Waals surface area (Å²) in [6, 6.07) is 9.04. The number of nitrogens with one attached hydrogen (secondary N) is 2. The van der Waals surface area contributed by atoms with Crippen LogP contribution in [0, 0.1) is 6.92 Å². The lowest BCUT2D eigenvalue weighted by molar-refractivity contribution is 0.198. The molecule has 154 valence electrons. The fraction of sp³-hybridized carbons (Fsp3) is 0.526. The van der Waals surface area contributed by atoms with Gasteiger partial charge in [-0.1, -0.05) is 28.1 Å². The van der Waals surface area contributed by atoms with Crippen LogP contribution in [0.1, 0.15) is 30.1 Å². The summed E-state index contributed by atoms with van der Waals surface area (Å²) in [7, 11) is 3.78. The molecule has 2 aromatic rings. The smallest absolute Gasteiger partial charge is 0.191 e. The van der Waals surface area contributed by atoms with E-state index < -0.39 is 0 Å². The van der Waals surface area contributed by atoms with E-state index in [1.54, 1.807) is 7.05 Å². The van der Waals surface area contributed by atoms with Crippen molar-refractivity contribution in [1.29, 1.82) is 0 Å². The van der Waals surface area contributed by atoms with E-state index in [0.717, 1.165) is 54.6 Å². The molecule has 1 aliphatic rings. The highest BCUT2D eigenvalue weighted by molar-refractivity contribution is 14.0. The van der Waals surface area contributed by atoms with Crippen molar-refractivity contribution in [2.24, 2.45) is 12.0 Å². The Bertz CT molecular complexity index is 767. The second-order valence-electron chi connectivity index (χ2n) is 6.97. The Labute approximate surface area is 192 Å². The average Bonchev–Trinajstić information content (AvgIpc) is 3.00. The highest BCUT2D eigenvalue weighted by Gasteiger charge is 2.20. The minimum Gasteiger partial charge on any atom is -0.354 e. The number of nitrogens with zero attached hydrogens (tertiary/aromatic N) is 5. The third kappa shape index (κ3) is 6.41. The van der Waals surface area contributed by atoms with E-state index in [-0.39, 0.29) is 24.0 Å². The van der Waals surface area contributed by atoms with Crippen LogP contribution in [0.15, 0.2) is 33.7 Å². The maximum atomic E-state index is 4.35. The maximum Gasteiger partial charge on any atom is 0.191 e. The van der Waals surface area contributed by atoms with Gasteiger partial charge in [-0.05, 0) is 37.5 Å². The van der Waals surface area contributed by atoms with Gasteiger partial charge >= 0.3 is 0 Å². The van der Waals surface area contributed by atoms with E-state index in [1.165, 1.54) is 5.56 Å². The summed E-state index contributed by atoms with van der Waals surface area (Å²) in [4.78, 5) is 6.86. The van der Waals surface area contributed by atoms with Gasteiger partial charge in [0.15, 0.2) is 11.8 Å². The molecular formula is C19H29BrIN7. The van der Waals surface area contributed by atoms with Crippen LogP contribution >= 0.6 is 39.9 Å². The zero-order valence-electron chi connectivity index (χ0n) is 16.7. The van der Waals surface area contributed by atoms with Crippen LogP contribution in [0.3, 0.4) is 0 Å². The summed E-state index contributed by atoms with van der Waals surface area (Å²) in [5.74, 6) is 2.63. The van der Waals surface area contributed by atoms with Crippen molar-refractivity contribution in [3.05, 3.63) is 46.0 Å². The standard InChI is InChI=1S/C19H28BrN7.HI/c1-14-24-25-18(26(14)3)12-22-19(21-2)23-17-8-10-27(11-9-17)13-15-4-6-16(20)7-5-15;/h4-7,17H,8-13H2,1-3H3,(H2,21,22,23);1H. The van der Waals surface area contributed by atoms with Gasteiger partial charge < -0.3 is 15.2 Å². The number of aromatic nitrogens is 3. The first-order valence-corrected chi connectivity index (χ1v) is 10.1. The maximum absolute atomic E-state index is 4.35. The summed E-state index contributed by atoms with van der Waals surface area (Å²) in [6.45, 7) is 5.75. The van der Waals surface area contributed by atoms with E-state index in [2.05, 4.69) is 70.9 Å². The molecule has 0 aliphatic carbocycles. The summed E-state index contributed by atoms with van der Waals surface area (Å²) in [6.07, 6.45) is 2.22. The molecule has 1 fully saturated rings. The lowest BCUT2D eigenvalue weighted by Crippen LogP contribution is -2.48. The zero-order chi connectivity index (χ0) is 19.2. The number of hydrogen-bond donors (Lipinski definition) is 2. The minimum atomic E-state index is 0. The molecule has 28 heavy (non-hydrogen) atoms. The third-order valence-electron chi connectivity index (χ3n) is 5.07. The van der Waals surface area contributed by atoms with E-state index in [1.807, 2.05) is 18.5 Å². The van der Waals surface area contributed by atoms with Crippen molar-refractivity contribution >= 4 is 45.9 Å². The Morgan fingerprint density at radius 3 is 2.46 bits per heavy atom. The molecule has 0 spiro atoms.